The third kappa shape index (κ3) is 3.15. The molecule has 1 aromatic carbocycles. The molecule has 0 spiro atoms. The van der Waals surface area contributed by atoms with Gasteiger partial charge in [-0.15, -0.1) is 0 Å². The quantitative estimate of drug-likeness (QED) is 0.579. The molecule has 0 radical (unpaired) electrons. The highest BCUT2D eigenvalue weighted by Gasteiger charge is 2.60. The summed E-state index contributed by atoms with van der Waals surface area (Å²) in [6.45, 7) is -0.543. The Morgan fingerprint density at radius 1 is 1.15 bits per heavy atom. The summed E-state index contributed by atoms with van der Waals surface area (Å²) in [4.78, 5) is 24.7. The van der Waals surface area contributed by atoms with E-state index in [0.29, 0.717) is 11.8 Å². The topological polar surface area (TPSA) is 55.4 Å². The molecule has 1 amide bonds. The predicted molar refractivity (Wildman–Crippen MR) is 94.7 cm³/mol. The third-order valence-electron chi connectivity index (χ3n) is 5.98. The predicted octanol–water partition coefficient (Wildman–Crippen LogP) is 4.18. The minimum absolute atomic E-state index is 0.00859. The maximum absolute atomic E-state index is 13.6. The van der Waals surface area contributed by atoms with Crippen LogP contribution < -0.4 is 5.32 Å². The zero-order valence-corrected chi connectivity index (χ0v) is 15.8. The van der Waals surface area contributed by atoms with Crippen LogP contribution in [-0.4, -0.2) is 22.8 Å². The van der Waals surface area contributed by atoms with E-state index in [1.807, 2.05) is 0 Å². The lowest BCUT2D eigenvalue weighted by atomic mass is 9.49. The molecule has 1 aromatic rings. The lowest BCUT2D eigenvalue weighted by Gasteiger charge is -2.58. The standard InChI is InChI=1S/C19H20BrF2NO3/c20-19-7-11-4-12(8-19)6-18(5-11,10-19)17(25)26-9-15(24)23-16-13(21)2-1-3-14(16)22/h1-3,11-12H,4-10H2,(H,23,24)/t11-,12-,18?,19?/m1/s1. The highest BCUT2D eigenvalue weighted by atomic mass is 79.9. The van der Waals surface area contributed by atoms with Crippen LogP contribution in [0.15, 0.2) is 18.2 Å². The van der Waals surface area contributed by atoms with Gasteiger partial charge in [0.2, 0.25) is 0 Å². The summed E-state index contributed by atoms with van der Waals surface area (Å²) >= 11 is 3.83. The number of rotatable bonds is 4. The van der Waals surface area contributed by atoms with Crippen molar-refractivity contribution in [2.24, 2.45) is 17.3 Å². The van der Waals surface area contributed by atoms with Gasteiger partial charge in [-0.25, -0.2) is 8.78 Å². The van der Waals surface area contributed by atoms with Gasteiger partial charge in [0.1, 0.15) is 17.3 Å². The first-order valence-corrected chi connectivity index (χ1v) is 9.68. The number of hydrogen-bond acceptors (Lipinski definition) is 3. The van der Waals surface area contributed by atoms with Crippen molar-refractivity contribution in [3.05, 3.63) is 29.8 Å². The van der Waals surface area contributed by atoms with Gasteiger partial charge in [0.15, 0.2) is 6.61 Å². The number of alkyl halides is 1. The molecule has 4 aliphatic carbocycles. The second-order valence-corrected chi connectivity index (χ2v) is 9.80. The number of amides is 1. The molecule has 4 fully saturated rings. The summed E-state index contributed by atoms with van der Waals surface area (Å²) in [6.07, 6.45) is 5.68. The number of carbonyl (C=O) groups excluding carboxylic acids is 2. The number of benzene rings is 1. The van der Waals surface area contributed by atoms with E-state index in [0.717, 1.165) is 50.7 Å². The van der Waals surface area contributed by atoms with E-state index in [1.165, 1.54) is 6.07 Å². The molecule has 0 unspecified atom stereocenters. The number of para-hydroxylation sites is 1. The number of nitrogens with one attached hydrogen (secondary N) is 1. The normalized spacial score (nSPS) is 34.6. The van der Waals surface area contributed by atoms with E-state index in [-0.39, 0.29) is 10.3 Å². The smallest absolute Gasteiger partial charge is 0.312 e. The second kappa shape index (κ2) is 6.29. The van der Waals surface area contributed by atoms with Crippen LogP contribution in [0, 0.1) is 28.9 Å². The third-order valence-corrected chi connectivity index (χ3v) is 6.91. The van der Waals surface area contributed by atoms with Crippen LogP contribution in [0.5, 0.6) is 0 Å². The molecule has 0 aliphatic heterocycles. The van der Waals surface area contributed by atoms with Crippen LogP contribution in [0.3, 0.4) is 0 Å². The molecular formula is C19H20BrF2NO3. The highest BCUT2D eigenvalue weighted by Crippen LogP contribution is 2.64. The van der Waals surface area contributed by atoms with Gasteiger partial charge in [-0.3, -0.25) is 9.59 Å². The fraction of sp³-hybridized carbons (Fsp3) is 0.579. The summed E-state index contributed by atoms with van der Waals surface area (Å²) in [5.74, 6) is -1.81. The largest absolute Gasteiger partial charge is 0.455 e. The SMILES string of the molecule is O=C(COC(=O)C12C[C@H]3C[C@@H](CC(Br)(C3)C1)C2)Nc1c(F)cccc1F. The fourth-order valence-corrected chi connectivity index (χ4v) is 6.92. The van der Waals surface area contributed by atoms with Gasteiger partial charge in [0, 0.05) is 4.32 Å². The molecule has 1 N–H and O–H groups in total. The van der Waals surface area contributed by atoms with Crippen LogP contribution in [-0.2, 0) is 14.3 Å². The molecule has 0 saturated heterocycles. The fourth-order valence-electron chi connectivity index (χ4n) is 5.47. The van der Waals surface area contributed by atoms with Gasteiger partial charge in [0.25, 0.3) is 5.91 Å². The van der Waals surface area contributed by atoms with Crippen molar-refractivity contribution in [2.45, 2.75) is 42.8 Å². The maximum Gasteiger partial charge on any atom is 0.312 e. The van der Waals surface area contributed by atoms with Crippen LogP contribution in [0.25, 0.3) is 0 Å². The van der Waals surface area contributed by atoms with E-state index in [1.54, 1.807) is 0 Å². The van der Waals surface area contributed by atoms with Crippen molar-refractivity contribution in [3.63, 3.8) is 0 Å². The Balaban J connectivity index is 1.39. The summed E-state index contributed by atoms with van der Waals surface area (Å²) < 4.78 is 32.5. The van der Waals surface area contributed by atoms with Crippen LogP contribution in [0.1, 0.15) is 38.5 Å². The Bertz CT molecular complexity index is 735. The van der Waals surface area contributed by atoms with E-state index in [2.05, 4.69) is 21.2 Å². The van der Waals surface area contributed by atoms with Crippen molar-refractivity contribution in [1.29, 1.82) is 0 Å². The second-order valence-electron chi connectivity index (χ2n) is 8.11. The molecular weight excluding hydrogens is 408 g/mol. The molecule has 140 valence electrons. The van der Waals surface area contributed by atoms with E-state index in [9.17, 15) is 18.4 Å². The Morgan fingerprint density at radius 3 is 2.35 bits per heavy atom. The number of carbonyl (C=O) groups is 2. The summed E-state index contributed by atoms with van der Waals surface area (Å²) in [7, 11) is 0. The van der Waals surface area contributed by atoms with Crippen molar-refractivity contribution in [2.75, 3.05) is 11.9 Å². The Hall–Kier alpha value is -1.50. The molecule has 0 heterocycles. The average molecular weight is 428 g/mol. The number of esters is 1. The first-order valence-electron chi connectivity index (χ1n) is 8.89. The molecule has 7 heteroatoms. The van der Waals surface area contributed by atoms with Crippen molar-refractivity contribution < 1.29 is 23.1 Å². The van der Waals surface area contributed by atoms with Gasteiger partial charge < -0.3 is 10.1 Å². The van der Waals surface area contributed by atoms with Crippen LogP contribution in [0.2, 0.25) is 0 Å². The Morgan fingerprint density at radius 2 is 1.77 bits per heavy atom. The summed E-state index contributed by atoms with van der Waals surface area (Å²) in [6, 6.07) is 3.31. The zero-order chi connectivity index (χ0) is 18.5. The number of hydrogen-bond donors (Lipinski definition) is 1. The Labute approximate surface area is 158 Å². The highest BCUT2D eigenvalue weighted by molar-refractivity contribution is 9.10. The maximum atomic E-state index is 13.6. The first-order chi connectivity index (χ1) is 12.3. The van der Waals surface area contributed by atoms with Crippen LogP contribution in [0.4, 0.5) is 14.5 Å². The minimum Gasteiger partial charge on any atom is -0.455 e. The van der Waals surface area contributed by atoms with E-state index in [4.69, 9.17) is 4.74 Å². The summed E-state index contributed by atoms with van der Waals surface area (Å²) in [5, 5.41) is 2.14. The molecule has 0 aromatic heterocycles. The Kier molecular flexibility index (Phi) is 4.33. The molecule has 4 bridgehead atoms. The molecule has 5 rings (SSSR count). The van der Waals surface area contributed by atoms with Gasteiger partial charge in [-0.1, -0.05) is 22.0 Å². The minimum atomic E-state index is -0.869. The van der Waals surface area contributed by atoms with Gasteiger partial charge in [-0.05, 0) is 62.5 Å². The molecule has 4 nitrogen and oxygen atoms in total. The summed E-state index contributed by atoms with van der Waals surface area (Å²) in [5.41, 5.74) is -1.06. The molecule has 26 heavy (non-hydrogen) atoms. The monoisotopic (exact) mass is 427 g/mol. The molecule has 4 aliphatic rings. The number of anilines is 1. The zero-order valence-electron chi connectivity index (χ0n) is 14.2. The van der Waals surface area contributed by atoms with Crippen LogP contribution >= 0.6 is 15.9 Å². The molecule has 4 saturated carbocycles. The van der Waals surface area contributed by atoms with E-state index < -0.39 is 35.3 Å². The number of ether oxygens (including phenoxy) is 1. The van der Waals surface area contributed by atoms with Gasteiger partial charge in [-0.2, -0.15) is 0 Å². The van der Waals surface area contributed by atoms with Gasteiger partial charge in [0.05, 0.1) is 5.41 Å². The van der Waals surface area contributed by atoms with Crippen molar-refractivity contribution in [3.8, 4) is 0 Å². The lowest BCUT2D eigenvalue weighted by molar-refractivity contribution is -0.170. The van der Waals surface area contributed by atoms with Gasteiger partial charge >= 0.3 is 5.97 Å². The first kappa shape index (κ1) is 17.9. The average Bonchev–Trinajstić information content (AvgIpc) is 2.54. The van der Waals surface area contributed by atoms with E-state index >= 15 is 0 Å². The lowest BCUT2D eigenvalue weighted by Crippen LogP contribution is -2.56. The number of halogens is 3. The van der Waals surface area contributed by atoms with Crippen molar-refractivity contribution >= 4 is 33.5 Å². The van der Waals surface area contributed by atoms with Crippen molar-refractivity contribution in [1.82, 2.24) is 0 Å². The molecule has 2 atom stereocenters.